The van der Waals surface area contributed by atoms with Crippen LogP contribution in [0.25, 0.3) is 0 Å². The fourth-order valence-electron chi connectivity index (χ4n) is 2.22. The van der Waals surface area contributed by atoms with Gasteiger partial charge in [0.2, 0.25) is 0 Å². The number of benzene rings is 1. The lowest BCUT2D eigenvalue weighted by Crippen LogP contribution is -2.49. The lowest BCUT2D eigenvalue weighted by Gasteiger charge is -2.35. The molecular formula is C13H17N3O3. The number of rotatable bonds is 2. The molecule has 6 nitrogen and oxygen atoms in total. The standard InChI is InChI=1S/C13H17N3O3/c1-9-5-6-15(8-12(9)14)13(17)10-3-2-4-11(7-10)16(18)19/h2-4,7,9,12H,5-6,8,14H2,1H3. The van der Waals surface area contributed by atoms with Crippen LogP contribution < -0.4 is 5.73 Å². The smallest absolute Gasteiger partial charge is 0.270 e. The van der Waals surface area contributed by atoms with Gasteiger partial charge in [-0.2, -0.15) is 0 Å². The van der Waals surface area contributed by atoms with Gasteiger partial charge in [0.25, 0.3) is 11.6 Å². The molecule has 2 atom stereocenters. The molecule has 1 heterocycles. The minimum Gasteiger partial charge on any atom is -0.337 e. The van der Waals surface area contributed by atoms with Crippen LogP contribution in [0.5, 0.6) is 0 Å². The summed E-state index contributed by atoms with van der Waals surface area (Å²) in [6.45, 7) is 3.22. The molecule has 0 aromatic heterocycles. The number of amides is 1. The summed E-state index contributed by atoms with van der Waals surface area (Å²) in [5.74, 6) is 0.209. The molecule has 2 unspecified atom stereocenters. The van der Waals surface area contributed by atoms with Gasteiger partial charge in [0.05, 0.1) is 4.92 Å². The third kappa shape index (κ3) is 2.90. The first-order valence-electron chi connectivity index (χ1n) is 6.28. The van der Waals surface area contributed by atoms with Crippen molar-refractivity contribution in [3.63, 3.8) is 0 Å². The van der Waals surface area contributed by atoms with Gasteiger partial charge in [0, 0.05) is 36.8 Å². The average molecular weight is 263 g/mol. The quantitative estimate of drug-likeness (QED) is 0.645. The van der Waals surface area contributed by atoms with Crippen LogP contribution in [0, 0.1) is 16.0 Å². The molecule has 1 fully saturated rings. The van der Waals surface area contributed by atoms with Crippen LogP contribution in [-0.2, 0) is 0 Å². The first kappa shape index (κ1) is 13.5. The maximum absolute atomic E-state index is 12.3. The molecule has 1 aromatic rings. The van der Waals surface area contributed by atoms with E-state index in [1.54, 1.807) is 11.0 Å². The number of piperidine rings is 1. The second-order valence-corrected chi connectivity index (χ2v) is 4.99. The topological polar surface area (TPSA) is 89.5 Å². The van der Waals surface area contributed by atoms with Crippen molar-refractivity contribution in [2.45, 2.75) is 19.4 Å². The minimum atomic E-state index is -0.499. The second-order valence-electron chi connectivity index (χ2n) is 4.99. The summed E-state index contributed by atoms with van der Waals surface area (Å²) in [5.41, 5.74) is 6.24. The Morgan fingerprint density at radius 3 is 2.89 bits per heavy atom. The van der Waals surface area contributed by atoms with Crippen molar-refractivity contribution in [1.82, 2.24) is 4.90 Å². The van der Waals surface area contributed by atoms with Crippen molar-refractivity contribution in [2.75, 3.05) is 13.1 Å². The SMILES string of the molecule is CC1CCN(C(=O)c2cccc([N+](=O)[O-])c2)CC1N. The van der Waals surface area contributed by atoms with Gasteiger partial charge in [-0.1, -0.05) is 13.0 Å². The number of nitrogens with zero attached hydrogens (tertiary/aromatic N) is 2. The minimum absolute atomic E-state index is 0.0311. The molecule has 1 amide bonds. The van der Waals surface area contributed by atoms with Gasteiger partial charge in [-0.25, -0.2) is 0 Å². The first-order valence-corrected chi connectivity index (χ1v) is 6.28. The summed E-state index contributed by atoms with van der Waals surface area (Å²) >= 11 is 0. The summed E-state index contributed by atoms with van der Waals surface area (Å²) in [6, 6.07) is 5.78. The van der Waals surface area contributed by atoms with E-state index in [-0.39, 0.29) is 17.6 Å². The summed E-state index contributed by atoms with van der Waals surface area (Å²) in [5, 5.41) is 10.7. The maximum atomic E-state index is 12.3. The normalized spacial score (nSPS) is 23.2. The lowest BCUT2D eigenvalue weighted by atomic mass is 9.94. The van der Waals surface area contributed by atoms with Gasteiger partial charge in [-0.3, -0.25) is 14.9 Å². The third-order valence-corrected chi connectivity index (χ3v) is 3.61. The number of nitro groups is 1. The molecule has 0 bridgehead atoms. The van der Waals surface area contributed by atoms with Crippen LogP contribution in [0.15, 0.2) is 24.3 Å². The number of carbonyl (C=O) groups is 1. The molecule has 1 saturated heterocycles. The zero-order chi connectivity index (χ0) is 14.0. The molecule has 19 heavy (non-hydrogen) atoms. The summed E-state index contributed by atoms with van der Waals surface area (Å²) < 4.78 is 0. The third-order valence-electron chi connectivity index (χ3n) is 3.61. The van der Waals surface area contributed by atoms with E-state index >= 15 is 0 Å². The number of nitrogens with two attached hydrogens (primary N) is 1. The predicted octanol–water partition coefficient (Wildman–Crippen LogP) is 1.40. The van der Waals surface area contributed by atoms with E-state index in [2.05, 4.69) is 6.92 Å². The molecule has 102 valence electrons. The number of hydrogen-bond donors (Lipinski definition) is 1. The van der Waals surface area contributed by atoms with Gasteiger partial charge < -0.3 is 10.6 Å². The Morgan fingerprint density at radius 1 is 1.53 bits per heavy atom. The molecule has 1 aliphatic heterocycles. The Hall–Kier alpha value is -1.95. The van der Waals surface area contributed by atoms with E-state index in [4.69, 9.17) is 5.73 Å². The largest absolute Gasteiger partial charge is 0.337 e. The number of nitro benzene ring substituents is 1. The van der Waals surface area contributed by atoms with Crippen LogP contribution in [0.4, 0.5) is 5.69 Å². The van der Waals surface area contributed by atoms with Crippen LogP contribution in [0.2, 0.25) is 0 Å². The summed E-state index contributed by atoms with van der Waals surface area (Å²) in [7, 11) is 0. The van der Waals surface area contributed by atoms with Gasteiger partial charge in [-0.05, 0) is 18.4 Å². The molecule has 0 radical (unpaired) electrons. The highest BCUT2D eigenvalue weighted by Crippen LogP contribution is 2.19. The summed E-state index contributed by atoms with van der Waals surface area (Å²) in [6.07, 6.45) is 0.863. The van der Waals surface area contributed by atoms with E-state index < -0.39 is 4.92 Å². The molecule has 0 saturated carbocycles. The van der Waals surface area contributed by atoms with Crippen LogP contribution in [0.1, 0.15) is 23.7 Å². The number of non-ortho nitro benzene ring substituents is 1. The molecule has 2 N–H and O–H groups in total. The van der Waals surface area contributed by atoms with Crippen molar-refractivity contribution in [3.8, 4) is 0 Å². The van der Waals surface area contributed by atoms with E-state index in [1.807, 2.05) is 0 Å². The zero-order valence-electron chi connectivity index (χ0n) is 10.8. The number of carbonyl (C=O) groups excluding carboxylic acids is 1. The lowest BCUT2D eigenvalue weighted by molar-refractivity contribution is -0.384. The van der Waals surface area contributed by atoms with Gasteiger partial charge in [-0.15, -0.1) is 0 Å². The Bertz CT molecular complexity index is 504. The van der Waals surface area contributed by atoms with E-state index in [0.29, 0.717) is 24.6 Å². The monoisotopic (exact) mass is 263 g/mol. The molecule has 2 rings (SSSR count). The van der Waals surface area contributed by atoms with Crippen LogP contribution in [0.3, 0.4) is 0 Å². The molecule has 1 aromatic carbocycles. The number of hydrogen-bond acceptors (Lipinski definition) is 4. The molecule has 0 spiro atoms. The van der Waals surface area contributed by atoms with Crippen molar-refractivity contribution >= 4 is 11.6 Å². The Kier molecular flexibility index (Phi) is 3.80. The van der Waals surface area contributed by atoms with E-state index in [9.17, 15) is 14.9 Å². The van der Waals surface area contributed by atoms with Gasteiger partial charge in [0.15, 0.2) is 0 Å². The Balaban J connectivity index is 2.16. The second kappa shape index (κ2) is 5.36. The van der Waals surface area contributed by atoms with E-state index in [1.165, 1.54) is 18.2 Å². The highest BCUT2D eigenvalue weighted by Gasteiger charge is 2.27. The zero-order valence-corrected chi connectivity index (χ0v) is 10.8. The molecule has 0 aliphatic carbocycles. The van der Waals surface area contributed by atoms with Crippen LogP contribution >= 0.6 is 0 Å². The highest BCUT2D eigenvalue weighted by atomic mass is 16.6. The molecule has 6 heteroatoms. The van der Waals surface area contributed by atoms with E-state index in [0.717, 1.165) is 6.42 Å². The summed E-state index contributed by atoms with van der Waals surface area (Å²) in [4.78, 5) is 24.2. The fourth-order valence-corrected chi connectivity index (χ4v) is 2.22. The first-order chi connectivity index (χ1) is 8.99. The van der Waals surface area contributed by atoms with Gasteiger partial charge >= 0.3 is 0 Å². The van der Waals surface area contributed by atoms with Crippen molar-refractivity contribution < 1.29 is 9.72 Å². The highest BCUT2D eigenvalue weighted by molar-refractivity contribution is 5.94. The predicted molar refractivity (Wildman–Crippen MR) is 70.8 cm³/mol. The van der Waals surface area contributed by atoms with Crippen LogP contribution in [-0.4, -0.2) is 34.9 Å². The van der Waals surface area contributed by atoms with Crippen molar-refractivity contribution in [3.05, 3.63) is 39.9 Å². The Labute approximate surface area is 111 Å². The molecular weight excluding hydrogens is 246 g/mol. The fraction of sp³-hybridized carbons (Fsp3) is 0.462. The van der Waals surface area contributed by atoms with Crippen molar-refractivity contribution in [1.29, 1.82) is 0 Å². The number of likely N-dealkylation sites (tertiary alicyclic amines) is 1. The Morgan fingerprint density at radius 2 is 2.26 bits per heavy atom. The van der Waals surface area contributed by atoms with Crippen molar-refractivity contribution in [2.24, 2.45) is 11.7 Å². The maximum Gasteiger partial charge on any atom is 0.270 e. The average Bonchev–Trinajstić information content (AvgIpc) is 2.41. The molecule has 1 aliphatic rings. The van der Waals surface area contributed by atoms with Gasteiger partial charge in [0.1, 0.15) is 0 Å².